The molecule has 0 aromatic heterocycles. The minimum atomic E-state index is -0.309. The number of nitrogens with zero attached hydrogens (tertiary/aromatic N) is 1. The third kappa shape index (κ3) is 3.19. The zero-order valence-corrected chi connectivity index (χ0v) is 10.6. The summed E-state index contributed by atoms with van der Waals surface area (Å²) >= 11 is 0. The van der Waals surface area contributed by atoms with E-state index in [9.17, 15) is 4.79 Å². The zero-order chi connectivity index (χ0) is 12.1. The van der Waals surface area contributed by atoms with Gasteiger partial charge in [-0.3, -0.25) is 4.79 Å². The predicted octanol–water partition coefficient (Wildman–Crippen LogP) is 0.997. The van der Waals surface area contributed by atoms with E-state index in [-0.39, 0.29) is 18.0 Å². The Balaban J connectivity index is 2.65. The van der Waals surface area contributed by atoms with Gasteiger partial charge in [0.15, 0.2) is 0 Å². The van der Waals surface area contributed by atoms with E-state index in [4.69, 9.17) is 10.5 Å². The van der Waals surface area contributed by atoms with Gasteiger partial charge in [-0.25, -0.2) is 0 Å². The lowest BCUT2D eigenvalue weighted by Crippen LogP contribution is -2.55. The van der Waals surface area contributed by atoms with Crippen LogP contribution in [0.1, 0.15) is 33.6 Å². The Bertz CT molecular complexity index is 231. The van der Waals surface area contributed by atoms with E-state index in [2.05, 4.69) is 13.8 Å². The zero-order valence-electron chi connectivity index (χ0n) is 10.6. The number of piperidine rings is 1. The Hall–Kier alpha value is -0.610. The summed E-state index contributed by atoms with van der Waals surface area (Å²) in [6.07, 6.45) is 1.82. The first-order valence-electron chi connectivity index (χ1n) is 6.21. The maximum Gasteiger partial charge on any atom is 0.239 e. The van der Waals surface area contributed by atoms with Gasteiger partial charge in [-0.1, -0.05) is 13.8 Å². The maximum absolute atomic E-state index is 12.0. The average Bonchev–Trinajstić information content (AvgIpc) is 2.24. The van der Waals surface area contributed by atoms with E-state index in [1.165, 1.54) is 0 Å². The summed E-state index contributed by atoms with van der Waals surface area (Å²) in [4.78, 5) is 13.9. The second-order valence-corrected chi connectivity index (χ2v) is 4.75. The Labute approximate surface area is 98.1 Å². The third-order valence-corrected chi connectivity index (χ3v) is 3.18. The number of nitrogens with two attached hydrogens (primary N) is 1. The van der Waals surface area contributed by atoms with Gasteiger partial charge in [-0.15, -0.1) is 0 Å². The fourth-order valence-electron chi connectivity index (χ4n) is 2.14. The van der Waals surface area contributed by atoms with E-state index in [0.717, 1.165) is 19.4 Å². The largest absolute Gasteiger partial charge is 0.380 e. The molecule has 1 aliphatic heterocycles. The van der Waals surface area contributed by atoms with E-state index in [1.54, 1.807) is 0 Å². The first-order chi connectivity index (χ1) is 7.57. The molecule has 2 unspecified atom stereocenters. The van der Waals surface area contributed by atoms with Crippen molar-refractivity contribution in [2.45, 2.75) is 45.7 Å². The lowest BCUT2D eigenvalue weighted by molar-refractivity contribution is -0.140. The molecule has 4 heteroatoms. The van der Waals surface area contributed by atoms with Gasteiger partial charge in [0.25, 0.3) is 0 Å². The SMILES string of the molecule is CCOCC(C(C)C)N1CCCC(N)C1=O. The lowest BCUT2D eigenvalue weighted by Gasteiger charge is -2.38. The molecule has 1 heterocycles. The predicted molar refractivity (Wildman–Crippen MR) is 64.0 cm³/mol. The number of carbonyl (C=O) groups is 1. The van der Waals surface area contributed by atoms with Crippen LogP contribution in [0.5, 0.6) is 0 Å². The molecule has 16 heavy (non-hydrogen) atoms. The number of hydrogen-bond donors (Lipinski definition) is 1. The molecule has 1 fully saturated rings. The van der Waals surface area contributed by atoms with Crippen molar-refractivity contribution in [3.05, 3.63) is 0 Å². The minimum Gasteiger partial charge on any atom is -0.380 e. The van der Waals surface area contributed by atoms with Gasteiger partial charge in [0.05, 0.1) is 18.7 Å². The molecule has 94 valence electrons. The highest BCUT2D eigenvalue weighted by Gasteiger charge is 2.32. The van der Waals surface area contributed by atoms with E-state index in [1.807, 2.05) is 11.8 Å². The minimum absolute atomic E-state index is 0.0876. The molecule has 0 aromatic carbocycles. The van der Waals surface area contributed by atoms with Crippen LogP contribution in [0.3, 0.4) is 0 Å². The second kappa shape index (κ2) is 6.21. The summed E-state index contributed by atoms with van der Waals surface area (Å²) in [6, 6.07) is -0.143. The van der Waals surface area contributed by atoms with Crippen molar-refractivity contribution in [3.8, 4) is 0 Å². The van der Waals surface area contributed by atoms with Crippen LogP contribution in [0.25, 0.3) is 0 Å². The molecule has 1 saturated heterocycles. The monoisotopic (exact) mass is 228 g/mol. The van der Waals surface area contributed by atoms with Crippen molar-refractivity contribution in [2.75, 3.05) is 19.8 Å². The molecule has 2 N–H and O–H groups in total. The summed E-state index contributed by atoms with van der Waals surface area (Å²) in [5.74, 6) is 0.491. The van der Waals surface area contributed by atoms with Crippen molar-refractivity contribution in [1.29, 1.82) is 0 Å². The molecule has 0 spiro atoms. The van der Waals surface area contributed by atoms with Crippen LogP contribution < -0.4 is 5.73 Å². The smallest absolute Gasteiger partial charge is 0.239 e. The number of hydrogen-bond acceptors (Lipinski definition) is 3. The van der Waals surface area contributed by atoms with Gasteiger partial charge < -0.3 is 15.4 Å². The van der Waals surface area contributed by atoms with E-state index in [0.29, 0.717) is 19.1 Å². The van der Waals surface area contributed by atoms with Crippen LogP contribution in [0.2, 0.25) is 0 Å². The van der Waals surface area contributed by atoms with Gasteiger partial charge in [-0.2, -0.15) is 0 Å². The Morgan fingerprint density at radius 3 is 2.81 bits per heavy atom. The number of rotatable bonds is 5. The summed E-state index contributed by atoms with van der Waals surface area (Å²) in [7, 11) is 0. The third-order valence-electron chi connectivity index (χ3n) is 3.18. The van der Waals surface area contributed by atoms with Crippen LogP contribution in [0.4, 0.5) is 0 Å². The first kappa shape index (κ1) is 13.5. The molecular formula is C12H24N2O2. The number of carbonyl (C=O) groups excluding carboxylic acids is 1. The van der Waals surface area contributed by atoms with Crippen molar-refractivity contribution < 1.29 is 9.53 Å². The standard InChI is InChI=1S/C12H24N2O2/c1-4-16-8-11(9(2)3)14-7-5-6-10(13)12(14)15/h9-11H,4-8,13H2,1-3H3. The first-order valence-corrected chi connectivity index (χ1v) is 6.21. The summed E-state index contributed by atoms with van der Waals surface area (Å²) < 4.78 is 5.46. The Kier molecular flexibility index (Phi) is 5.22. The highest BCUT2D eigenvalue weighted by atomic mass is 16.5. The van der Waals surface area contributed by atoms with Crippen molar-refractivity contribution in [3.63, 3.8) is 0 Å². The van der Waals surface area contributed by atoms with Gasteiger partial charge >= 0.3 is 0 Å². The van der Waals surface area contributed by atoms with Crippen LogP contribution in [0, 0.1) is 5.92 Å². The maximum atomic E-state index is 12.0. The number of ether oxygens (including phenoxy) is 1. The van der Waals surface area contributed by atoms with E-state index < -0.39 is 0 Å². The lowest BCUT2D eigenvalue weighted by atomic mass is 9.98. The molecule has 4 nitrogen and oxygen atoms in total. The van der Waals surface area contributed by atoms with Crippen LogP contribution in [-0.2, 0) is 9.53 Å². The van der Waals surface area contributed by atoms with Gasteiger partial charge in [0.1, 0.15) is 0 Å². The van der Waals surface area contributed by atoms with Gasteiger partial charge in [0.2, 0.25) is 5.91 Å². The number of likely N-dealkylation sites (tertiary alicyclic amines) is 1. The van der Waals surface area contributed by atoms with Crippen molar-refractivity contribution in [1.82, 2.24) is 4.90 Å². The molecule has 2 atom stereocenters. The molecular weight excluding hydrogens is 204 g/mol. The van der Waals surface area contributed by atoms with Crippen molar-refractivity contribution >= 4 is 5.91 Å². The Morgan fingerprint density at radius 2 is 2.25 bits per heavy atom. The molecule has 1 aliphatic rings. The van der Waals surface area contributed by atoms with Crippen LogP contribution in [-0.4, -0.2) is 42.6 Å². The summed E-state index contributed by atoms with van der Waals surface area (Å²) in [5, 5.41) is 0. The summed E-state index contributed by atoms with van der Waals surface area (Å²) in [5.41, 5.74) is 5.80. The number of amides is 1. The normalized spacial score (nSPS) is 23.9. The molecule has 1 rings (SSSR count). The Morgan fingerprint density at radius 1 is 1.56 bits per heavy atom. The molecule has 0 aliphatic carbocycles. The van der Waals surface area contributed by atoms with Crippen LogP contribution >= 0.6 is 0 Å². The summed E-state index contributed by atoms with van der Waals surface area (Å²) in [6.45, 7) is 8.35. The fourth-order valence-corrected chi connectivity index (χ4v) is 2.14. The molecule has 0 bridgehead atoms. The molecule has 1 amide bonds. The van der Waals surface area contributed by atoms with E-state index >= 15 is 0 Å². The van der Waals surface area contributed by atoms with Crippen LogP contribution in [0.15, 0.2) is 0 Å². The second-order valence-electron chi connectivity index (χ2n) is 4.75. The average molecular weight is 228 g/mol. The topological polar surface area (TPSA) is 55.6 Å². The molecule has 0 aromatic rings. The molecule has 0 radical (unpaired) electrons. The van der Waals surface area contributed by atoms with Crippen molar-refractivity contribution in [2.24, 2.45) is 11.7 Å². The fraction of sp³-hybridized carbons (Fsp3) is 0.917. The quantitative estimate of drug-likeness (QED) is 0.763. The van der Waals surface area contributed by atoms with Gasteiger partial charge in [-0.05, 0) is 25.7 Å². The molecule has 0 saturated carbocycles. The van der Waals surface area contributed by atoms with Gasteiger partial charge in [0, 0.05) is 13.2 Å². The highest BCUT2D eigenvalue weighted by Crippen LogP contribution is 2.18. The highest BCUT2D eigenvalue weighted by molar-refractivity contribution is 5.82.